The molecule has 1 aromatic heterocycles. The van der Waals surface area contributed by atoms with Crippen molar-refractivity contribution in [1.29, 1.82) is 0 Å². The molecule has 2 amide bonds. The van der Waals surface area contributed by atoms with Gasteiger partial charge in [0, 0.05) is 22.8 Å². The summed E-state index contributed by atoms with van der Waals surface area (Å²) < 4.78 is 0.577. The molecule has 0 atom stereocenters. The van der Waals surface area contributed by atoms with E-state index in [1.165, 1.54) is 41.3 Å². The minimum Gasteiger partial charge on any atom is -0.369 e. The highest BCUT2D eigenvalue weighted by Crippen LogP contribution is 2.37. The van der Waals surface area contributed by atoms with Gasteiger partial charge < -0.3 is 11.1 Å². The minimum absolute atomic E-state index is 0.0687. The Labute approximate surface area is 174 Å². The predicted octanol–water partition coefficient (Wildman–Crippen LogP) is 3.86. The van der Waals surface area contributed by atoms with E-state index in [1.807, 2.05) is 30.3 Å². The first-order chi connectivity index (χ1) is 13.8. The lowest BCUT2D eigenvalue weighted by atomic mass is 10.1. The van der Waals surface area contributed by atoms with Crippen LogP contribution in [0.1, 0.15) is 15.9 Å². The third-order valence-electron chi connectivity index (χ3n) is 3.89. The topological polar surface area (TPSA) is 128 Å². The van der Waals surface area contributed by atoms with Crippen molar-refractivity contribution in [2.24, 2.45) is 5.73 Å². The van der Waals surface area contributed by atoms with Crippen molar-refractivity contribution in [3.63, 3.8) is 0 Å². The summed E-state index contributed by atoms with van der Waals surface area (Å²) in [5, 5.41) is 14.4. The Morgan fingerprint density at radius 1 is 1.24 bits per heavy atom. The van der Waals surface area contributed by atoms with Gasteiger partial charge in [-0.1, -0.05) is 59.5 Å². The van der Waals surface area contributed by atoms with Gasteiger partial charge in [0.1, 0.15) is 10.7 Å². The van der Waals surface area contributed by atoms with E-state index in [1.54, 1.807) is 6.92 Å². The van der Waals surface area contributed by atoms with Gasteiger partial charge in [-0.3, -0.25) is 19.7 Å². The van der Waals surface area contributed by atoms with Gasteiger partial charge in [0.15, 0.2) is 4.34 Å². The third kappa shape index (κ3) is 4.98. The number of nitrogens with two attached hydrogens (primary N) is 1. The molecule has 0 fully saturated rings. The van der Waals surface area contributed by atoms with Crippen LogP contribution in [0.2, 0.25) is 0 Å². The first kappa shape index (κ1) is 20.5. The zero-order valence-corrected chi connectivity index (χ0v) is 16.9. The monoisotopic (exact) mass is 428 g/mol. The average molecular weight is 428 g/mol. The van der Waals surface area contributed by atoms with Crippen LogP contribution in [-0.4, -0.2) is 27.5 Å². The molecule has 1 heterocycles. The van der Waals surface area contributed by atoms with Crippen LogP contribution in [-0.2, 0) is 4.79 Å². The number of nitrogens with one attached hydrogen (secondary N) is 1. The molecule has 3 aromatic rings. The lowest BCUT2D eigenvalue weighted by molar-refractivity contribution is -0.385. The predicted molar refractivity (Wildman–Crippen MR) is 113 cm³/mol. The van der Waals surface area contributed by atoms with Gasteiger partial charge in [0.05, 0.1) is 10.7 Å². The molecule has 0 unspecified atom stereocenters. The fourth-order valence-electron chi connectivity index (χ4n) is 2.49. The summed E-state index contributed by atoms with van der Waals surface area (Å²) >= 11 is 2.39. The summed E-state index contributed by atoms with van der Waals surface area (Å²) in [4.78, 5) is 38.9. The number of thioether (sulfide) groups is 1. The number of rotatable bonds is 7. The molecule has 0 aliphatic rings. The number of aromatic nitrogens is 1. The summed E-state index contributed by atoms with van der Waals surface area (Å²) in [6.07, 6.45) is 0. The molecule has 29 heavy (non-hydrogen) atoms. The van der Waals surface area contributed by atoms with Crippen molar-refractivity contribution in [1.82, 2.24) is 4.98 Å². The number of carbonyl (C=O) groups excluding carboxylic acids is 2. The van der Waals surface area contributed by atoms with Crippen molar-refractivity contribution in [2.45, 2.75) is 11.3 Å². The zero-order valence-electron chi connectivity index (χ0n) is 15.2. The van der Waals surface area contributed by atoms with Gasteiger partial charge >= 0.3 is 0 Å². The lowest BCUT2D eigenvalue weighted by Gasteiger charge is -2.06. The fraction of sp³-hybridized carbons (Fsp3) is 0.105. The third-order valence-corrected chi connectivity index (χ3v) is 6.02. The Morgan fingerprint density at radius 3 is 2.62 bits per heavy atom. The average Bonchev–Trinajstić information content (AvgIpc) is 3.09. The second-order valence-electron chi connectivity index (χ2n) is 5.99. The second kappa shape index (κ2) is 8.84. The molecule has 0 saturated carbocycles. The number of nitro groups is 1. The smallest absolute Gasteiger partial charge is 0.273 e. The molecule has 0 spiro atoms. The van der Waals surface area contributed by atoms with Crippen LogP contribution in [0.25, 0.3) is 11.3 Å². The largest absolute Gasteiger partial charge is 0.369 e. The maximum absolute atomic E-state index is 12.7. The maximum Gasteiger partial charge on any atom is 0.273 e. The Bertz CT molecular complexity index is 1080. The van der Waals surface area contributed by atoms with Gasteiger partial charge in [-0.15, -0.1) is 0 Å². The van der Waals surface area contributed by atoms with E-state index in [2.05, 4.69) is 10.3 Å². The molecule has 8 nitrogen and oxygen atoms in total. The lowest BCUT2D eigenvalue weighted by Crippen LogP contribution is -2.12. The van der Waals surface area contributed by atoms with Crippen LogP contribution in [0, 0.1) is 17.0 Å². The summed E-state index contributed by atoms with van der Waals surface area (Å²) in [6.45, 7) is 1.61. The molecular weight excluding hydrogens is 412 g/mol. The molecule has 2 aromatic carbocycles. The molecule has 0 bridgehead atoms. The molecule has 0 saturated heterocycles. The van der Waals surface area contributed by atoms with Crippen LogP contribution in [0.3, 0.4) is 0 Å². The highest BCUT2D eigenvalue weighted by Gasteiger charge is 2.19. The molecule has 0 aliphatic heterocycles. The second-order valence-corrected chi connectivity index (χ2v) is 8.21. The first-order valence-corrected chi connectivity index (χ1v) is 10.2. The van der Waals surface area contributed by atoms with Crippen LogP contribution in [0.15, 0.2) is 52.9 Å². The summed E-state index contributed by atoms with van der Waals surface area (Å²) in [5.74, 6) is -0.886. The summed E-state index contributed by atoms with van der Waals surface area (Å²) in [5.41, 5.74) is 7.06. The normalized spacial score (nSPS) is 10.5. The quantitative estimate of drug-likeness (QED) is 0.334. The van der Waals surface area contributed by atoms with Crippen molar-refractivity contribution >= 4 is 45.6 Å². The number of primary amides is 1. The number of amides is 2. The van der Waals surface area contributed by atoms with E-state index in [9.17, 15) is 19.7 Å². The number of nitro benzene ring substituents is 1. The highest BCUT2D eigenvalue weighted by atomic mass is 32.2. The SMILES string of the molecule is Cc1ccc(C(=O)Nc2sc(SCC(N)=O)nc2-c2ccccc2)cc1[N+](=O)[O-]. The van der Waals surface area contributed by atoms with E-state index >= 15 is 0 Å². The maximum atomic E-state index is 12.7. The number of anilines is 1. The summed E-state index contributed by atoms with van der Waals surface area (Å²) in [7, 11) is 0. The van der Waals surface area contributed by atoms with Crippen molar-refractivity contribution in [2.75, 3.05) is 11.1 Å². The van der Waals surface area contributed by atoms with Gasteiger partial charge in [-0.25, -0.2) is 4.98 Å². The van der Waals surface area contributed by atoms with E-state index < -0.39 is 16.7 Å². The molecule has 3 N–H and O–H groups in total. The molecule has 148 valence electrons. The standard InChI is InChI=1S/C19H16N4O4S2/c1-11-7-8-13(9-14(11)23(26)27)17(25)22-18-16(12-5-3-2-4-6-12)21-19(29-18)28-10-15(20)24/h2-9H,10H2,1H3,(H2,20,24)(H,22,25). The number of aryl methyl sites for hydroxylation is 1. The van der Waals surface area contributed by atoms with Gasteiger partial charge in [-0.05, 0) is 13.0 Å². The van der Waals surface area contributed by atoms with E-state index in [0.717, 1.165) is 5.56 Å². The van der Waals surface area contributed by atoms with Crippen molar-refractivity contribution in [3.8, 4) is 11.3 Å². The van der Waals surface area contributed by atoms with Crippen LogP contribution in [0.4, 0.5) is 10.7 Å². The Morgan fingerprint density at radius 2 is 1.97 bits per heavy atom. The molecule has 0 aliphatic carbocycles. The van der Waals surface area contributed by atoms with Crippen molar-refractivity contribution < 1.29 is 14.5 Å². The highest BCUT2D eigenvalue weighted by molar-refractivity contribution is 8.01. The minimum atomic E-state index is -0.521. The molecular formula is C19H16N4O4S2. The Hall–Kier alpha value is -3.24. The van der Waals surface area contributed by atoms with Crippen molar-refractivity contribution in [3.05, 3.63) is 69.8 Å². The van der Waals surface area contributed by atoms with Crippen LogP contribution in [0.5, 0.6) is 0 Å². The molecule has 3 rings (SSSR count). The number of nitrogens with zero attached hydrogens (tertiary/aromatic N) is 2. The van der Waals surface area contributed by atoms with E-state index in [0.29, 0.717) is 20.6 Å². The van der Waals surface area contributed by atoms with E-state index in [-0.39, 0.29) is 17.0 Å². The number of carbonyl (C=O) groups is 2. The molecule has 10 heteroatoms. The first-order valence-electron chi connectivity index (χ1n) is 8.39. The Kier molecular flexibility index (Phi) is 6.25. The fourth-order valence-corrected chi connectivity index (χ4v) is 4.29. The Balaban J connectivity index is 1.93. The number of hydrogen-bond acceptors (Lipinski definition) is 7. The van der Waals surface area contributed by atoms with Gasteiger partial charge in [0.2, 0.25) is 5.91 Å². The van der Waals surface area contributed by atoms with E-state index in [4.69, 9.17) is 5.73 Å². The number of hydrogen-bond donors (Lipinski definition) is 2. The van der Waals surface area contributed by atoms with Crippen LogP contribution >= 0.6 is 23.1 Å². The van der Waals surface area contributed by atoms with Gasteiger partial charge in [0.25, 0.3) is 11.6 Å². The number of thiazole rings is 1. The molecule has 0 radical (unpaired) electrons. The van der Waals surface area contributed by atoms with Crippen LogP contribution < -0.4 is 11.1 Å². The summed E-state index contributed by atoms with van der Waals surface area (Å²) in [6, 6.07) is 13.6. The number of benzene rings is 2. The van der Waals surface area contributed by atoms with Gasteiger partial charge in [-0.2, -0.15) is 0 Å². The zero-order chi connectivity index (χ0) is 21.0.